The lowest BCUT2D eigenvalue weighted by molar-refractivity contribution is -0.127. The molecule has 0 aliphatic heterocycles. The zero-order valence-corrected chi connectivity index (χ0v) is 13.0. The predicted octanol–water partition coefficient (Wildman–Crippen LogP) is 4.69. The van der Waals surface area contributed by atoms with Gasteiger partial charge in [0.15, 0.2) is 0 Å². The van der Waals surface area contributed by atoms with Crippen LogP contribution in [0, 0.1) is 11.8 Å². The van der Waals surface area contributed by atoms with Gasteiger partial charge in [-0.3, -0.25) is 4.79 Å². The summed E-state index contributed by atoms with van der Waals surface area (Å²) in [5.74, 6) is 0.880. The average molecular weight is 304 g/mol. The molecule has 23 heavy (non-hydrogen) atoms. The Bertz CT molecular complexity index is 756. The van der Waals surface area contributed by atoms with Crippen LogP contribution in [0.5, 0.6) is 5.75 Å². The van der Waals surface area contributed by atoms with Crippen molar-refractivity contribution in [2.75, 3.05) is 0 Å². The van der Waals surface area contributed by atoms with Gasteiger partial charge in [-0.1, -0.05) is 48.9 Å². The summed E-state index contributed by atoms with van der Waals surface area (Å²) >= 11 is 0. The van der Waals surface area contributed by atoms with E-state index in [1.54, 1.807) is 12.1 Å². The monoisotopic (exact) mass is 304 g/mol. The number of phenolic OH excluding ortho intramolecular Hbond substituents is 1. The molecule has 0 heterocycles. The topological polar surface area (TPSA) is 37.3 Å². The Labute approximate surface area is 136 Å². The molecule has 4 rings (SSSR count). The van der Waals surface area contributed by atoms with Crippen molar-refractivity contribution in [2.24, 2.45) is 11.8 Å². The third-order valence-electron chi connectivity index (χ3n) is 5.22. The smallest absolute Gasteiger partial charge is 0.143 e. The fraction of sp³-hybridized carbons (Fsp3) is 0.286. The Hall–Kier alpha value is -2.35. The Morgan fingerprint density at radius 2 is 1.61 bits per heavy atom. The second-order valence-corrected chi connectivity index (χ2v) is 6.59. The standard InChI is InChI=1S/C21H20O2/c22-17-11-9-15(10-12-17)20-18-8-4-7-16(21(18)23)13-19(20)14-5-2-1-3-6-14/h1-3,5-6,9-12,16,18,22H,4,7-8,13H2. The summed E-state index contributed by atoms with van der Waals surface area (Å²) in [6.07, 6.45) is 3.94. The molecule has 2 aliphatic carbocycles. The molecule has 0 radical (unpaired) electrons. The number of fused-ring (bicyclic) bond motifs is 2. The molecule has 2 aromatic rings. The minimum absolute atomic E-state index is 0.0160. The zero-order chi connectivity index (χ0) is 15.8. The van der Waals surface area contributed by atoms with Crippen LogP contribution in [0.2, 0.25) is 0 Å². The summed E-state index contributed by atoms with van der Waals surface area (Å²) in [6, 6.07) is 17.7. The highest BCUT2D eigenvalue weighted by Gasteiger charge is 2.40. The van der Waals surface area contributed by atoms with Crippen LogP contribution in [0.4, 0.5) is 0 Å². The minimum Gasteiger partial charge on any atom is -0.508 e. The molecule has 2 unspecified atom stereocenters. The van der Waals surface area contributed by atoms with Crippen molar-refractivity contribution in [3.05, 3.63) is 65.7 Å². The van der Waals surface area contributed by atoms with Crippen LogP contribution in [0.15, 0.2) is 54.6 Å². The molecule has 0 aromatic heterocycles. The number of benzene rings is 2. The van der Waals surface area contributed by atoms with E-state index in [0.29, 0.717) is 5.78 Å². The first kappa shape index (κ1) is 14.3. The van der Waals surface area contributed by atoms with Gasteiger partial charge in [-0.15, -0.1) is 0 Å². The lowest BCUT2D eigenvalue weighted by atomic mass is 9.65. The number of carbonyl (C=O) groups excluding carboxylic acids is 1. The molecular formula is C21H20O2. The van der Waals surface area contributed by atoms with Crippen LogP contribution in [0.3, 0.4) is 0 Å². The summed E-state index contributed by atoms with van der Waals surface area (Å²) in [6.45, 7) is 0. The molecule has 1 saturated carbocycles. The van der Waals surface area contributed by atoms with Gasteiger partial charge in [-0.25, -0.2) is 0 Å². The van der Waals surface area contributed by atoms with Crippen molar-refractivity contribution >= 4 is 16.9 Å². The molecule has 2 aromatic carbocycles. The Balaban J connectivity index is 1.92. The van der Waals surface area contributed by atoms with E-state index in [-0.39, 0.29) is 17.6 Å². The van der Waals surface area contributed by atoms with Gasteiger partial charge in [0, 0.05) is 11.8 Å². The molecule has 116 valence electrons. The maximum Gasteiger partial charge on any atom is 0.143 e. The second-order valence-electron chi connectivity index (χ2n) is 6.59. The number of allylic oxidation sites excluding steroid dienone is 2. The number of aromatic hydroxyl groups is 1. The normalized spacial score (nSPS) is 23.9. The minimum atomic E-state index is 0.0160. The zero-order valence-electron chi connectivity index (χ0n) is 13.0. The average Bonchev–Trinajstić information content (AvgIpc) is 2.57. The Morgan fingerprint density at radius 3 is 2.35 bits per heavy atom. The highest BCUT2D eigenvalue weighted by Crippen LogP contribution is 2.48. The summed E-state index contributed by atoms with van der Waals surface area (Å²) in [4.78, 5) is 12.8. The first-order valence-corrected chi connectivity index (χ1v) is 8.35. The third-order valence-corrected chi connectivity index (χ3v) is 5.22. The number of ketones is 1. The molecule has 0 spiro atoms. The Kier molecular flexibility index (Phi) is 3.53. The molecule has 2 heteroatoms. The lowest BCUT2D eigenvalue weighted by Crippen LogP contribution is -2.33. The van der Waals surface area contributed by atoms with Gasteiger partial charge >= 0.3 is 0 Å². The van der Waals surface area contributed by atoms with Crippen LogP contribution in [-0.4, -0.2) is 10.9 Å². The largest absolute Gasteiger partial charge is 0.508 e. The van der Waals surface area contributed by atoms with Crippen molar-refractivity contribution in [3.63, 3.8) is 0 Å². The molecule has 1 fully saturated rings. The molecule has 0 amide bonds. The van der Waals surface area contributed by atoms with E-state index in [4.69, 9.17) is 0 Å². The fourth-order valence-electron chi connectivity index (χ4n) is 4.12. The molecule has 2 bridgehead atoms. The molecule has 2 atom stereocenters. The summed E-state index contributed by atoms with van der Waals surface area (Å²) in [5.41, 5.74) is 4.78. The van der Waals surface area contributed by atoms with Gasteiger partial charge in [-0.2, -0.15) is 0 Å². The van der Waals surface area contributed by atoms with E-state index >= 15 is 0 Å². The van der Waals surface area contributed by atoms with Crippen molar-refractivity contribution < 1.29 is 9.90 Å². The van der Waals surface area contributed by atoms with Crippen LogP contribution >= 0.6 is 0 Å². The van der Waals surface area contributed by atoms with Gasteiger partial charge in [0.05, 0.1) is 0 Å². The SMILES string of the molecule is O=C1C2CCCC1C(c1ccc(O)cc1)=C(c1ccccc1)C2. The third kappa shape index (κ3) is 2.48. The summed E-state index contributed by atoms with van der Waals surface area (Å²) in [5, 5.41) is 9.58. The van der Waals surface area contributed by atoms with Gasteiger partial charge in [0.1, 0.15) is 11.5 Å². The highest BCUT2D eigenvalue weighted by molar-refractivity contribution is 6.07. The van der Waals surface area contributed by atoms with Crippen LogP contribution in [0.25, 0.3) is 11.1 Å². The summed E-state index contributed by atoms with van der Waals surface area (Å²) < 4.78 is 0. The number of Topliss-reactive ketones (excluding diaryl/α,β-unsaturated/α-hetero) is 1. The van der Waals surface area contributed by atoms with E-state index < -0.39 is 0 Å². The van der Waals surface area contributed by atoms with Crippen LogP contribution in [-0.2, 0) is 4.79 Å². The lowest BCUT2D eigenvalue weighted by Gasteiger charge is -2.37. The number of hydrogen-bond acceptors (Lipinski definition) is 2. The van der Waals surface area contributed by atoms with Crippen molar-refractivity contribution in [2.45, 2.75) is 25.7 Å². The first-order valence-electron chi connectivity index (χ1n) is 8.35. The first-order chi connectivity index (χ1) is 11.2. The number of carbonyl (C=O) groups is 1. The highest BCUT2D eigenvalue weighted by atomic mass is 16.3. The predicted molar refractivity (Wildman–Crippen MR) is 91.8 cm³/mol. The van der Waals surface area contributed by atoms with Gasteiger partial charge in [-0.05, 0) is 53.7 Å². The van der Waals surface area contributed by atoms with Crippen molar-refractivity contribution in [1.82, 2.24) is 0 Å². The van der Waals surface area contributed by atoms with E-state index in [9.17, 15) is 9.90 Å². The summed E-state index contributed by atoms with van der Waals surface area (Å²) in [7, 11) is 0. The van der Waals surface area contributed by atoms with E-state index in [2.05, 4.69) is 24.3 Å². The maximum atomic E-state index is 12.8. The number of phenols is 1. The maximum absolute atomic E-state index is 12.8. The van der Waals surface area contributed by atoms with Gasteiger partial charge < -0.3 is 5.11 Å². The molecule has 1 N–H and O–H groups in total. The number of hydrogen-bond donors (Lipinski definition) is 1. The van der Waals surface area contributed by atoms with Crippen LogP contribution in [0.1, 0.15) is 36.8 Å². The fourth-order valence-corrected chi connectivity index (χ4v) is 4.12. The van der Waals surface area contributed by atoms with E-state index in [1.807, 2.05) is 18.2 Å². The van der Waals surface area contributed by atoms with Gasteiger partial charge in [0.2, 0.25) is 0 Å². The second kappa shape index (κ2) is 5.69. The van der Waals surface area contributed by atoms with Crippen LogP contribution < -0.4 is 0 Å². The van der Waals surface area contributed by atoms with Crippen molar-refractivity contribution in [1.29, 1.82) is 0 Å². The number of rotatable bonds is 2. The van der Waals surface area contributed by atoms with Crippen molar-refractivity contribution in [3.8, 4) is 5.75 Å². The molecule has 0 saturated heterocycles. The molecular weight excluding hydrogens is 284 g/mol. The molecule has 2 aliphatic rings. The van der Waals surface area contributed by atoms with E-state index in [1.165, 1.54) is 16.7 Å². The quantitative estimate of drug-likeness (QED) is 0.873. The molecule has 2 nitrogen and oxygen atoms in total. The van der Waals surface area contributed by atoms with E-state index in [0.717, 1.165) is 31.2 Å². The van der Waals surface area contributed by atoms with Gasteiger partial charge in [0.25, 0.3) is 0 Å². The Morgan fingerprint density at radius 1 is 0.870 bits per heavy atom.